The fourth-order valence-corrected chi connectivity index (χ4v) is 2.61. The number of carbonyl (C=O) groups excluding carboxylic acids is 1. The molecular formula is C11H13FO3S. The van der Waals surface area contributed by atoms with E-state index in [0.29, 0.717) is 0 Å². The lowest BCUT2D eigenvalue weighted by molar-refractivity contribution is 0.0985. The van der Waals surface area contributed by atoms with Gasteiger partial charge in [-0.25, -0.2) is 12.8 Å². The molecule has 5 heteroatoms. The molecule has 0 unspecified atom stereocenters. The summed E-state index contributed by atoms with van der Waals surface area (Å²) in [5, 5.41) is -1.04. The third-order valence-electron chi connectivity index (χ3n) is 2.31. The molecule has 0 bridgehead atoms. The van der Waals surface area contributed by atoms with E-state index < -0.39 is 26.7 Å². The minimum absolute atomic E-state index is 0.217. The number of Topliss-reactive ketones (excluding diaryl/α,β-unsaturated/α-hetero) is 1. The van der Waals surface area contributed by atoms with Gasteiger partial charge in [-0.05, 0) is 30.7 Å². The first kappa shape index (κ1) is 12.8. The summed E-state index contributed by atoms with van der Waals surface area (Å²) in [6.45, 7) is 1.63. The summed E-state index contributed by atoms with van der Waals surface area (Å²) in [5.41, 5.74) is 0.221. The van der Waals surface area contributed by atoms with Crippen LogP contribution in [0.1, 0.15) is 23.7 Å². The molecule has 1 aromatic carbocycles. The van der Waals surface area contributed by atoms with E-state index in [1.165, 1.54) is 12.1 Å². The molecule has 1 aromatic rings. The SMILES string of the molecule is CC[C@H](C(=O)c1ccc(F)cc1)S(C)(=O)=O. The first-order valence-electron chi connectivity index (χ1n) is 4.85. The molecule has 16 heavy (non-hydrogen) atoms. The number of hydrogen-bond acceptors (Lipinski definition) is 3. The molecule has 0 aliphatic rings. The van der Waals surface area contributed by atoms with Gasteiger partial charge in [0.2, 0.25) is 0 Å². The van der Waals surface area contributed by atoms with Crippen molar-refractivity contribution in [3.63, 3.8) is 0 Å². The van der Waals surface area contributed by atoms with Crippen LogP contribution in [0.4, 0.5) is 4.39 Å². The van der Waals surface area contributed by atoms with Crippen molar-refractivity contribution in [1.29, 1.82) is 0 Å². The van der Waals surface area contributed by atoms with Crippen molar-refractivity contribution in [3.05, 3.63) is 35.6 Å². The van der Waals surface area contributed by atoms with Crippen molar-refractivity contribution in [2.24, 2.45) is 0 Å². The number of carbonyl (C=O) groups is 1. The fourth-order valence-electron chi connectivity index (χ4n) is 1.48. The van der Waals surface area contributed by atoms with Gasteiger partial charge in [-0.15, -0.1) is 0 Å². The summed E-state index contributed by atoms with van der Waals surface area (Å²) in [7, 11) is -3.42. The molecule has 0 fully saturated rings. The topological polar surface area (TPSA) is 51.2 Å². The quantitative estimate of drug-likeness (QED) is 0.759. The third-order valence-corrected chi connectivity index (χ3v) is 3.89. The van der Waals surface area contributed by atoms with Gasteiger partial charge in [0.05, 0.1) is 0 Å². The number of benzene rings is 1. The number of hydrogen-bond donors (Lipinski definition) is 0. The van der Waals surface area contributed by atoms with Crippen LogP contribution in [0.5, 0.6) is 0 Å². The van der Waals surface area contributed by atoms with Crippen LogP contribution in [-0.4, -0.2) is 25.7 Å². The van der Waals surface area contributed by atoms with Crippen LogP contribution in [0.15, 0.2) is 24.3 Å². The Labute approximate surface area is 94.2 Å². The van der Waals surface area contributed by atoms with Crippen molar-refractivity contribution in [2.45, 2.75) is 18.6 Å². The average Bonchev–Trinajstić information content (AvgIpc) is 2.17. The van der Waals surface area contributed by atoms with Gasteiger partial charge in [-0.1, -0.05) is 6.92 Å². The molecule has 0 spiro atoms. The zero-order valence-electron chi connectivity index (χ0n) is 9.10. The number of ketones is 1. The second-order valence-corrected chi connectivity index (χ2v) is 5.83. The maximum Gasteiger partial charge on any atom is 0.180 e. The zero-order valence-corrected chi connectivity index (χ0v) is 9.92. The lowest BCUT2D eigenvalue weighted by Crippen LogP contribution is -2.28. The standard InChI is InChI=1S/C11H13FO3S/c1-3-10(16(2,14)15)11(13)8-4-6-9(12)7-5-8/h4-7,10H,3H2,1-2H3/t10-/m1/s1. The van der Waals surface area contributed by atoms with E-state index in [0.717, 1.165) is 18.4 Å². The molecule has 3 nitrogen and oxygen atoms in total. The summed E-state index contributed by atoms with van der Waals surface area (Å²) in [6, 6.07) is 4.88. The minimum atomic E-state index is -3.42. The molecule has 0 aliphatic carbocycles. The van der Waals surface area contributed by atoms with Crippen molar-refractivity contribution < 1.29 is 17.6 Å². The van der Waals surface area contributed by atoms with Crippen LogP contribution in [0, 0.1) is 5.82 Å². The Kier molecular flexibility index (Phi) is 3.80. The summed E-state index contributed by atoms with van der Waals surface area (Å²) in [5.74, 6) is -0.936. The Morgan fingerprint density at radius 2 is 1.81 bits per heavy atom. The van der Waals surface area contributed by atoms with Gasteiger partial charge in [0.25, 0.3) is 0 Å². The third kappa shape index (κ3) is 2.88. The fraction of sp³-hybridized carbons (Fsp3) is 0.364. The second kappa shape index (κ2) is 4.74. The normalized spacial score (nSPS) is 13.4. The highest BCUT2D eigenvalue weighted by Crippen LogP contribution is 2.13. The Hall–Kier alpha value is -1.23. The molecule has 0 N–H and O–H groups in total. The monoisotopic (exact) mass is 244 g/mol. The summed E-state index contributed by atoms with van der Waals surface area (Å²) in [4.78, 5) is 11.8. The Morgan fingerprint density at radius 3 is 2.19 bits per heavy atom. The van der Waals surface area contributed by atoms with Gasteiger partial charge >= 0.3 is 0 Å². The van der Waals surface area contributed by atoms with Gasteiger partial charge in [0.1, 0.15) is 11.1 Å². The van der Waals surface area contributed by atoms with Gasteiger partial charge < -0.3 is 0 Å². The van der Waals surface area contributed by atoms with Crippen LogP contribution in [-0.2, 0) is 9.84 Å². The van der Waals surface area contributed by atoms with Crippen LogP contribution >= 0.6 is 0 Å². The van der Waals surface area contributed by atoms with E-state index in [-0.39, 0.29) is 12.0 Å². The highest BCUT2D eigenvalue weighted by Gasteiger charge is 2.27. The smallest absolute Gasteiger partial charge is 0.180 e. The maximum atomic E-state index is 12.6. The molecule has 0 aliphatic heterocycles. The molecular weight excluding hydrogens is 231 g/mol. The van der Waals surface area contributed by atoms with Crippen LogP contribution in [0.2, 0.25) is 0 Å². The lowest BCUT2D eigenvalue weighted by atomic mass is 10.1. The molecule has 1 rings (SSSR count). The molecule has 0 radical (unpaired) electrons. The molecule has 88 valence electrons. The average molecular weight is 244 g/mol. The van der Waals surface area contributed by atoms with E-state index in [1.807, 2.05) is 0 Å². The Morgan fingerprint density at radius 1 is 1.31 bits per heavy atom. The van der Waals surface area contributed by atoms with Gasteiger partial charge in [-0.2, -0.15) is 0 Å². The highest BCUT2D eigenvalue weighted by molar-refractivity contribution is 7.92. The van der Waals surface area contributed by atoms with Crippen molar-refractivity contribution in [2.75, 3.05) is 6.26 Å². The van der Waals surface area contributed by atoms with Crippen molar-refractivity contribution >= 4 is 15.6 Å². The Bertz CT molecular complexity index is 476. The van der Waals surface area contributed by atoms with E-state index >= 15 is 0 Å². The van der Waals surface area contributed by atoms with Crippen molar-refractivity contribution in [3.8, 4) is 0 Å². The molecule has 0 aromatic heterocycles. The van der Waals surface area contributed by atoms with E-state index in [1.54, 1.807) is 6.92 Å². The Balaban J connectivity index is 3.06. The first-order chi connectivity index (χ1) is 7.36. The molecule has 0 heterocycles. The van der Waals surface area contributed by atoms with E-state index in [4.69, 9.17) is 0 Å². The summed E-state index contributed by atoms with van der Waals surface area (Å²) >= 11 is 0. The minimum Gasteiger partial charge on any atom is -0.293 e. The molecule has 0 saturated carbocycles. The predicted molar refractivity (Wildman–Crippen MR) is 59.7 cm³/mol. The number of halogens is 1. The van der Waals surface area contributed by atoms with Gasteiger partial charge in [0.15, 0.2) is 15.6 Å². The zero-order chi connectivity index (χ0) is 12.3. The van der Waals surface area contributed by atoms with Crippen LogP contribution < -0.4 is 0 Å². The molecule has 0 saturated heterocycles. The first-order valence-corrected chi connectivity index (χ1v) is 6.80. The maximum absolute atomic E-state index is 12.6. The van der Waals surface area contributed by atoms with Gasteiger partial charge in [0, 0.05) is 11.8 Å². The van der Waals surface area contributed by atoms with E-state index in [2.05, 4.69) is 0 Å². The number of sulfone groups is 1. The summed E-state index contributed by atoms with van der Waals surface area (Å²) in [6.07, 6.45) is 1.25. The lowest BCUT2D eigenvalue weighted by Gasteiger charge is -2.11. The van der Waals surface area contributed by atoms with Crippen molar-refractivity contribution in [1.82, 2.24) is 0 Å². The summed E-state index contributed by atoms with van der Waals surface area (Å²) < 4.78 is 35.3. The molecule has 1 atom stereocenters. The van der Waals surface area contributed by atoms with Crippen LogP contribution in [0.3, 0.4) is 0 Å². The van der Waals surface area contributed by atoms with Gasteiger partial charge in [-0.3, -0.25) is 4.79 Å². The molecule has 0 amide bonds. The number of rotatable bonds is 4. The largest absolute Gasteiger partial charge is 0.293 e. The predicted octanol–water partition coefficient (Wildman–Crippen LogP) is 1.83. The van der Waals surface area contributed by atoms with Crippen LogP contribution in [0.25, 0.3) is 0 Å². The highest BCUT2D eigenvalue weighted by atomic mass is 32.2. The van der Waals surface area contributed by atoms with E-state index in [9.17, 15) is 17.6 Å². The second-order valence-electron chi connectivity index (χ2n) is 3.60.